The van der Waals surface area contributed by atoms with E-state index in [1.807, 2.05) is 0 Å². The fraction of sp³-hybridized carbons (Fsp3) is 0.893. The van der Waals surface area contributed by atoms with Gasteiger partial charge in [-0.15, -0.1) is 0 Å². The molecule has 2 nitrogen and oxygen atoms in total. The molecule has 0 aliphatic carbocycles. The number of aryl methyl sites for hydroxylation is 1. The normalized spacial score (nSPS) is 11.6. The van der Waals surface area contributed by atoms with E-state index in [9.17, 15) is 0 Å². The summed E-state index contributed by atoms with van der Waals surface area (Å²) in [5.41, 5.74) is 0. The van der Waals surface area contributed by atoms with Crippen molar-refractivity contribution < 1.29 is 4.57 Å². The van der Waals surface area contributed by atoms with Crippen LogP contribution in [0, 0.1) is 0 Å². The van der Waals surface area contributed by atoms with Crippen LogP contribution in [-0.4, -0.2) is 4.57 Å². The standard InChI is InChI=1S/C28H55N2/c1-5-7-8-9-10-11-12-13-14-15-16-17-18-19-20-21-22-23-28-29(24-6-2)25-26-30(28)27(3)4/h25-27H,5-24H2,1-4H3/q+1. The van der Waals surface area contributed by atoms with Crippen LogP contribution in [0.4, 0.5) is 0 Å². The van der Waals surface area contributed by atoms with Crippen LogP contribution in [-0.2, 0) is 13.0 Å². The SMILES string of the molecule is CCCCCCCCCCCCCCCCCCCc1n(CCC)cc[n+]1C(C)C. The summed E-state index contributed by atoms with van der Waals surface area (Å²) < 4.78 is 4.95. The van der Waals surface area contributed by atoms with Gasteiger partial charge in [0.2, 0.25) is 0 Å². The number of unbranched alkanes of at least 4 members (excludes halogenated alkanes) is 16. The third-order valence-corrected chi connectivity index (χ3v) is 6.56. The van der Waals surface area contributed by atoms with E-state index in [1.165, 1.54) is 128 Å². The van der Waals surface area contributed by atoms with E-state index < -0.39 is 0 Å². The second-order valence-electron chi connectivity index (χ2n) is 9.82. The predicted molar refractivity (Wildman–Crippen MR) is 133 cm³/mol. The molecule has 1 heterocycles. The summed E-state index contributed by atoms with van der Waals surface area (Å²) in [6.07, 6.45) is 31.6. The third-order valence-electron chi connectivity index (χ3n) is 6.56. The summed E-state index contributed by atoms with van der Waals surface area (Å²) in [5, 5.41) is 0. The van der Waals surface area contributed by atoms with Crippen LogP contribution in [0.15, 0.2) is 12.4 Å². The van der Waals surface area contributed by atoms with Gasteiger partial charge in [0.05, 0.1) is 12.6 Å². The lowest BCUT2D eigenvalue weighted by atomic mass is 10.0. The summed E-state index contributed by atoms with van der Waals surface area (Å²) in [5.74, 6) is 1.54. The molecule has 0 aromatic carbocycles. The van der Waals surface area contributed by atoms with Crippen molar-refractivity contribution in [3.05, 3.63) is 18.2 Å². The Labute approximate surface area is 189 Å². The topological polar surface area (TPSA) is 8.81 Å². The van der Waals surface area contributed by atoms with Crippen LogP contribution in [0.1, 0.15) is 155 Å². The molecule has 0 unspecified atom stereocenters. The van der Waals surface area contributed by atoms with Gasteiger partial charge in [-0.2, -0.15) is 0 Å². The lowest BCUT2D eigenvalue weighted by Gasteiger charge is -2.07. The molecule has 0 atom stereocenters. The van der Waals surface area contributed by atoms with Gasteiger partial charge in [0.25, 0.3) is 5.82 Å². The molecule has 0 bridgehead atoms. The Balaban J connectivity index is 1.92. The molecule has 0 amide bonds. The quantitative estimate of drug-likeness (QED) is 0.139. The second kappa shape index (κ2) is 18.9. The highest BCUT2D eigenvalue weighted by molar-refractivity contribution is 4.84. The van der Waals surface area contributed by atoms with E-state index >= 15 is 0 Å². The van der Waals surface area contributed by atoms with Crippen LogP contribution in [0.5, 0.6) is 0 Å². The van der Waals surface area contributed by atoms with Crippen molar-refractivity contribution in [2.75, 3.05) is 0 Å². The highest BCUT2D eigenvalue weighted by Crippen LogP contribution is 2.15. The molecular weight excluding hydrogens is 364 g/mol. The summed E-state index contributed by atoms with van der Waals surface area (Å²) in [4.78, 5) is 0. The van der Waals surface area contributed by atoms with E-state index in [0.29, 0.717) is 6.04 Å². The zero-order valence-corrected chi connectivity index (χ0v) is 21.3. The van der Waals surface area contributed by atoms with Crippen LogP contribution < -0.4 is 4.57 Å². The smallest absolute Gasteiger partial charge is 0.234 e. The molecule has 0 N–H and O–H groups in total. The molecule has 1 rings (SSSR count). The minimum atomic E-state index is 0.573. The number of nitrogens with zero attached hydrogens (tertiary/aromatic N) is 2. The lowest BCUT2D eigenvalue weighted by Crippen LogP contribution is -2.39. The molecule has 2 heteroatoms. The minimum absolute atomic E-state index is 0.573. The Morgan fingerprint density at radius 3 is 1.47 bits per heavy atom. The van der Waals surface area contributed by atoms with Gasteiger partial charge in [-0.1, -0.05) is 117 Å². The van der Waals surface area contributed by atoms with Crippen molar-refractivity contribution in [2.45, 2.75) is 162 Å². The Kier molecular flexibility index (Phi) is 17.2. The first-order valence-corrected chi connectivity index (χ1v) is 13.8. The van der Waals surface area contributed by atoms with Gasteiger partial charge in [-0.25, -0.2) is 9.13 Å². The van der Waals surface area contributed by atoms with E-state index in [4.69, 9.17) is 0 Å². The Morgan fingerprint density at radius 2 is 1.07 bits per heavy atom. The molecule has 1 aromatic heterocycles. The maximum absolute atomic E-state index is 2.48. The number of aromatic nitrogens is 2. The Bertz CT molecular complexity index is 489. The van der Waals surface area contributed by atoms with Crippen molar-refractivity contribution in [1.82, 2.24) is 4.57 Å². The monoisotopic (exact) mass is 419 g/mol. The van der Waals surface area contributed by atoms with Crippen molar-refractivity contribution >= 4 is 0 Å². The Hall–Kier alpha value is -0.790. The van der Waals surface area contributed by atoms with E-state index in [1.54, 1.807) is 0 Å². The van der Waals surface area contributed by atoms with Crippen LogP contribution >= 0.6 is 0 Å². The fourth-order valence-corrected chi connectivity index (χ4v) is 4.67. The van der Waals surface area contributed by atoms with Crippen LogP contribution in [0.3, 0.4) is 0 Å². The summed E-state index contributed by atoms with van der Waals surface area (Å²) >= 11 is 0. The molecule has 0 fully saturated rings. The maximum atomic E-state index is 2.48. The largest absolute Gasteiger partial charge is 0.256 e. The van der Waals surface area contributed by atoms with Crippen LogP contribution in [0.25, 0.3) is 0 Å². The maximum Gasteiger partial charge on any atom is 0.256 e. The average molecular weight is 420 g/mol. The molecule has 0 radical (unpaired) electrons. The van der Waals surface area contributed by atoms with Crippen molar-refractivity contribution in [2.24, 2.45) is 0 Å². The van der Waals surface area contributed by atoms with Crippen molar-refractivity contribution in [1.29, 1.82) is 0 Å². The van der Waals surface area contributed by atoms with Gasteiger partial charge in [0, 0.05) is 6.42 Å². The molecule has 0 aliphatic rings. The van der Waals surface area contributed by atoms with Crippen molar-refractivity contribution in [3.63, 3.8) is 0 Å². The summed E-state index contributed by atoms with van der Waals surface area (Å²) in [7, 11) is 0. The fourth-order valence-electron chi connectivity index (χ4n) is 4.67. The first kappa shape index (κ1) is 27.2. The zero-order chi connectivity index (χ0) is 21.9. The van der Waals surface area contributed by atoms with Gasteiger partial charge >= 0.3 is 0 Å². The van der Waals surface area contributed by atoms with Gasteiger partial charge < -0.3 is 0 Å². The molecule has 1 aromatic rings. The van der Waals surface area contributed by atoms with E-state index in [-0.39, 0.29) is 0 Å². The molecule has 0 spiro atoms. The highest BCUT2D eigenvalue weighted by Gasteiger charge is 2.18. The molecule has 0 saturated heterocycles. The Morgan fingerprint density at radius 1 is 0.633 bits per heavy atom. The lowest BCUT2D eigenvalue weighted by molar-refractivity contribution is -0.722. The summed E-state index contributed by atoms with van der Waals surface area (Å²) in [6, 6.07) is 0.573. The van der Waals surface area contributed by atoms with Crippen molar-refractivity contribution in [3.8, 4) is 0 Å². The van der Waals surface area contributed by atoms with Gasteiger partial charge in [-0.3, -0.25) is 0 Å². The number of hydrogen-bond donors (Lipinski definition) is 0. The number of imidazole rings is 1. The third kappa shape index (κ3) is 12.8. The first-order chi connectivity index (χ1) is 14.7. The molecule has 176 valence electrons. The molecule has 30 heavy (non-hydrogen) atoms. The van der Waals surface area contributed by atoms with Gasteiger partial charge in [-0.05, 0) is 26.7 Å². The van der Waals surface area contributed by atoms with E-state index in [0.717, 1.165) is 6.54 Å². The molecular formula is C28H55N2+. The highest BCUT2D eigenvalue weighted by atomic mass is 15.2. The van der Waals surface area contributed by atoms with Crippen LogP contribution in [0.2, 0.25) is 0 Å². The number of rotatable bonds is 21. The summed E-state index contributed by atoms with van der Waals surface area (Å²) in [6.45, 7) is 10.3. The number of hydrogen-bond acceptors (Lipinski definition) is 0. The van der Waals surface area contributed by atoms with E-state index in [2.05, 4.69) is 49.2 Å². The molecule has 0 aliphatic heterocycles. The van der Waals surface area contributed by atoms with Gasteiger partial charge in [0.1, 0.15) is 12.4 Å². The zero-order valence-electron chi connectivity index (χ0n) is 21.3. The average Bonchev–Trinajstić information content (AvgIpc) is 3.13. The second-order valence-corrected chi connectivity index (χ2v) is 9.82. The minimum Gasteiger partial charge on any atom is -0.234 e. The predicted octanol–water partition coefficient (Wildman–Crippen LogP) is 8.96. The molecule has 0 saturated carbocycles. The first-order valence-electron chi connectivity index (χ1n) is 13.8. The van der Waals surface area contributed by atoms with Gasteiger partial charge in [0.15, 0.2) is 0 Å².